The number of hydrogen-bond acceptors (Lipinski definition) is 3. The molecule has 3 nitrogen and oxygen atoms in total. The van der Waals surface area contributed by atoms with Gasteiger partial charge in [0, 0.05) is 17.4 Å². The van der Waals surface area contributed by atoms with Gasteiger partial charge in [-0.1, -0.05) is 0 Å². The minimum atomic E-state index is 0.374. The molecule has 1 aromatic rings. The highest BCUT2D eigenvalue weighted by atomic mass is 14.9. The Morgan fingerprint density at radius 1 is 1.56 bits per heavy atom. The second kappa shape index (κ2) is 4.44. The van der Waals surface area contributed by atoms with Crippen LogP contribution in [-0.4, -0.2) is 6.04 Å². The van der Waals surface area contributed by atoms with E-state index >= 15 is 0 Å². The average molecular weight is 215 g/mol. The molecule has 0 heterocycles. The molecule has 1 unspecified atom stereocenters. The van der Waals surface area contributed by atoms with Crippen LogP contribution in [0.5, 0.6) is 0 Å². The van der Waals surface area contributed by atoms with Crippen molar-refractivity contribution in [1.29, 1.82) is 5.26 Å². The molecule has 1 aromatic carbocycles. The minimum absolute atomic E-state index is 0.374. The summed E-state index contributed by atoms with van der Waals surface area (Å²) >= 11 is 0. The molecule has 1 atom stereocenters. The summed E-state index contributed by atoms with van der Waals surface area (Å²) in [5, 5.41) is 12.2. The zero-order chi connectivity index (χ0) is 11.5. The van der Waals surface area contributed by atoms with Crippen LogP contribution in [0.3, 0.4) is 0 Å². The fourth-order valence-electron chi connectivity index (χ4n) is 1.91. The van der Waals surface area contributed by atoms with Gasteiger partial charge in [-0.05, 0) is 49.4 Å². The first kappa shape index (κ1) is 10.8. The van der Waals surface area contributed by atoms with Gasteiger partial charge in [0.1, 0.15) is 0 Å². The third kappa shape index (κ3) is 2.46. The molecule has 2 rings (SSSR count). The minimum Gasteiger partial charge on any atom is -0.398 e. The molecule has 1 aliphatic carbocycles. The average Bonchev–Trinajstić information content (AvgIpc) is 3.07. The zero-order valence-corrected chi connectivity index (χ0v) is 9.53. The predicted molar refractivity (Wildman–Crippen MR) is 66.0 cm³/mol. The first-order valence-electron chi connectivity index (χ1n) is 5.72. The normalized spacial score (nSPS) is 16.5. The van der Waals surface area contributed by atoms with Crippen molar-refractivity contribution >= 4 is 11.4 Å². The molecular formula is C13H17N3. The number of nitrogens with two attached hydrogens (primary N) is 1. The fraction of sp³-hybridized carbons (Fsp3) is 0.462. The highest BCUT2D eigenvalue weighted by Gasteiger charge is 2.27. The van der Waals surface area contributed by atoms with Gasteiger partial charge < -0.3 is 11.1 Å². The molecule has 3 heteroatoms. The van der Waals surface area contributed by atoms with Crippen LogP contribution in [0.15, 0.2) is 18.2 Å². The van der Waals surface area contributed by atoms with E-state index in [1.807, 2.05) is 18.2 Å². The Morgan fingerprint density at radius 3 is 2.94 bits per heavy atom. The van der Waals surface area contributed by atoms with Crippen LogP contribution in [0.25, 0.3) is 0 Å². The number of benzene rings is 1. The lowest BCUT2D eigenvalue weighted by Gasteiger charge is -2.15. The summed E-state index contributed by atoms with van der Waals surface area (Å²) in [6.07, 6.45) is 3.03. The van der Waals surface area contributed by atoms with Crippen molar-refractivity contribution < 1.29 is 0 Å². The Kier molecular flexibility index (Phi) is 3.00. The second-order valence-electron chi connectivity index (χ2n) is 4.52. The molecule has 0 spiro atoms. The Bertz CT molecular complexity index is 416. The topological polar surface area (TPSA) is 61.8 Å². The van der Waals surface area contributed by atoms with Crippen molar-refractivity contribution in [3.63, 3.8) is 0 Å². The molecule has 1 saturated carbocycles. The smallest absolute Gasteiger partial charge is 0.0670 e. The van der Waals surface area contributed by atoms with E-state index in [1.165, 1.54) is 12.8 Å². The number of nitrogens with zero attached hydrogens (tertiary/aromatic N) is 1. The molecule has 0 aliphatic heterocycles. The van der Waals surface area contributed by atoms with Crippen molar-refractivity contribution in [3.05, 3.63) is 23.8 Å². The largest absolute Gasteiger partial charge is 0.398 e. The van der Waals surface area contributed by atoms with E-state index in [9.17, 15) is 0 Å². The number of nitrogens with one attached hydrogen (secondary N) is 1. The van der Waals surface area contributed by atoms with Crippen LogP contribution in [0.4, 0.5) is 11.4 Å². The van der Waals surface area contributed by atoms with Crippen LogP contribution in [0.1, 0.15) is 25.3 Å². The molecule has 0 amide bonds. The maximum Gasteiger partial charge on any atom is 0.0670 e. The molecule has 0 saturated heterocycles. The molecular weight excluding hydrogens is 198 g/mol. The lowest BCUT2D eigenvalue weighted by molar-refractivity contribution is 0.694. The van der Waals surface area contributed by atoms with Gasteiger partial charge in [-0.15, -0.1) is 0 Å². The van der Waals surface area contributed by atoms with Crippen LogP contribution in [0.2, 0.25) is 0 Å². The van der Waals surface area contributed by atoms with Crippen LogP contribution in [0, 0.1) is 17.2 Å². The summed E-state index contributed by atoms with van der Waals surface area (Å²) in [6.45, 7) is 2.21. The summed E-state index contributed by atoms with van der Waals surface area (Å²) in [4.78, 5) is 0. The van der Waals surface area contributed by atoms with Crippen molar-refractivity contribution in [2.45, 2.75) is 32.2 Å². The van der Waals surface area contributed by atoms with Gasteiger partial charge in [0.2, 0.25) is 0 Å². The van der Waals surface area contributed by atoms with Gasteiger partial charge in [-0.2, -0.15) is 5.26 Å². The van der Waals surface area contributed by atoms with Gasteiger partial charge in [0.15, 0.2) is 0 Å². The van der Waals surface area contributed by atoms with Gasteiger partial charge >= 0.3 is 0 Å². The van der Waals surface area contributed by atoms with Crippen molar-refractivity contribution in [2.75, 3.05) is 11.1 Å². The highest BCUT2D eigenvalue weighted by molar-refractivity contribution is 5.58. The Hall–Kier alpha value is -1.69. The van der Waals surface area contributed by atoms with E-state index in [1.54, 1.807) is 0 Å². The molecule has 0 aromatic heterocycles. The van der Waals surface area contributed by atoms with Crippen molar-refractivity contribution in [1.82, 2.24) is 0 Å². The monoisotopic (exact) mass is 215 g/mol. The molecule has 1 fully saturated rings. The van der Waals surface area contributed by atoms with E-state index in [2.05, 4.69) is 18.3 Å². The number of nitriles is 1. The third-order valence-electron chi connectivity index (χ3n) is 3.14. The van der Waals surface area contributed by atoms with Crippen molar-refractivity contribution in [2.24, 2.45) is 5.92 Å². The SMILES string of the molecule is CC(Nc1ccc(N)c(CC#N)c1)C1CC1. The summed E-state index contributed by atoms with van der Waals surface area (Å²) in [5.41, 5.74) is 8.48. The van der Waals surface area contributed by atoms with E-state index in [0.717, 1.165) is 17.2 Å². The zero-order valence-electron chi connectivity index (χ0n) is 9.53. The highest BCUT2D eigenvalue weighted by Crippen LogP contribution is 2.34. The Labute approximate surface area is 96.3 Å². The molecule has 84 valence electrons. The summed E-state index contributed by atoms with van der Waals surface area (Å²) in [7, 11) is 0. The standard InChI is InChI=1S/C13H17N3/c1-9(10-2-3-10)16-12-4-5-13(15)11(8-12)6-7-14/h4-5,8-10,16H,2-3,6,15H2,1H3. The van der Waals surface area contributed by atoms with Crippen LogP contribution in [-0.2, 0) is 6.42 Å². The van der Waals surface area contributed by atoms with Crippen LogP contribution >= 0.6 is 0 Å². The van der Waals surface area contributed by atoms with E-state index in [4.69, 9.17) is 11.0 Å². The molecule has 3 N–H and O–H groups in total. The van der Waals surface area contributed by atoms with E-state index < -0.39 is 0 Å². The van der Waals surface area contributed by atoms with Crippen molar-refractivity contribution in [3.8, 4) is 6.07 Å². The maximum atomic E-state index is 8.69. The van der Waals surface area contributed by atoms with E-state index in [0.29, 0.717) is 18.2 Å². The summed E-state index contributed by atoms with van der Waals surface area (Å²) in [5.74, 6) is 0.817. The first-order chi connectivity index (χ1) is 7.70. The van der Waals surface area contributed by atoms with Gasteiger partial charge in [0.05, 0.1) is 12.5 Å². The van der Waals surface area contributed by atoms with Crippen LogP contribution < -0.4 is 11.1 Å². The maximum absolute atomic E-state index is 8.69. The molecule has 0 bridgehead atoms. The first-order valence-corrected chi connectivity index (χ1v) is 5.72. The quantitative estimate of drug-likeness (QED) is 0.759. The number of rotatable bonds is 4. The molecule has 16 heavy (non-hydrogen) atoms. The Balaban J connectivity index is 2.09. The van der Waals surface area contributed by atoms with Gasteiger partial charge in [0.25, 0.3) is 0 Å². The fourth-order valence-corrected chi connectivity index (χ4v) is 1.91. The lowest BCUT2D eigenvalue weighted by atomic mass is 10.1. The molecule has 1 aliphatic rings. The second-order valence-corrected chi connectivity index (χ2v) is 4.52. The number of hydrogen-bond donors (Lipinski definition) is 2. The van der Waals surface area contributed by atoms with Gasteiger partial charge in [-0.3, -0.25) is 0 Å². The number of nitrogen functional groups attached to an aromatic ring is 1. The summed E-state index contributed by atoms with van der Waals surface area (Å²) < 4.78 is 0. The molecule has 0 radical (unpaired) electrons. The Morgan fingerprint density at radius 2 is 2.31 bits per heavy atom. The summed E-state index contributed by atoms with van der Waals surface area (Å²) in [6, 6.07) is 8.48. The van der Waals surface area contributed by atoms with Gasteiger partial charge in [-0.25, -0.2) is 0 Å². The number of anilines is 2. The van der Waals surface area contributed by atoms with E-state index in [-0.39, 0.29) is 0 Å². The predicted octanol–water partition coefficient (Wildman–Crippen LogP) is 2.55. The third-order valence-corrected chi connectivity index (χ3v) is 3.14. The lowest BCUT2D eigenvalue weighted by Crippen LogP contribution is -2.17.